The largest absolute Gasteiger partial charge is 0.339 e. The third-order valence-corrected chi connectivity index (χ3v) is 4.47. The van der Waals surface area contributed by atoms with Gasteiger partial charge in [-0.25, -0.2) is 4.98 Å². The van der Waals surface area contributed by atoms with Crippen molar-refractivity contribution >= 4 is 28.3 Å². The molecule has 3 rings (SSSR count). The van der Waals surface area contributed by atoms with Crippen molar-refractivity contribution in [2.45, 2.75) is 31.7 Å². The van der Waals surface area contributed by atoms with Crippen LogP contribution in [0.15, 0.2) is 30.5 Å². The quantitative estimate of drug-likeness (QED) is 0.785. The molecule has 1 aromatic heterocycles. The average Bonchev–Trinajstić information content (AvgIpc) is 3.01. The third-order valence-electron chi connectivity index (χ3n) is 4.17. The van der Waals surface area contributed by atoms with Crippen molar-refractivity contribution in [1.82, 2.24) is 9.88 Å². The minimum absolute atomic E-state index is 0.0391. The van der Waals surface area contributed by atoms with Crippen LogP contribution in [0, 0.1) is 0 Å². The Labute approximate surface area is 123 Å². The monoisotopic (exact) mass is 288 g/mol. The Kier molecular flexibility index (Phi) is 3.62. The summed E-state index contributed by atoms with van der Waals surface area (Å²) >= 11 is 6.10. The summed E-state index contributed by atoms with van der Waals surface area (Å²) in [7, 11) is 1.89. The zero-order chi connectivity index (χ0) is 14.1. The van der Waals surface area contributed by atoms with E-state index in [1.54, 1.807) is 6.20 Å². The SMILES string of the molecule is CN(C(=O)c1cnc(Cl)c2ccccc12)C1CCCC1. The van der Waals surface area contributed by atoms with Crippen molar-refractivity contribution in [3.63, 3.8) is 0 Å². The fourth-order valence-corrected chi connectivity index (χ4v) is 3.19. The van der Waals surface area contributed by atoms with Crippen molar-refractivity contribution in [3.05, 3.63) is 41.2 Å². The Hall–Kier alpha value is -1.61. The van der Waals surface area contributed by atoms with Crippen molar-refractivity contribution in [2.24, 2.45) is 0 Å². The molecule has 1 amide bonds. The van der Waals surface area contributed by atoms with E-state index in [2.05, 4.69) is 4.98 Å². The second kappa shape index (κ2) is 5.41. The van der Waals surface area contributed by atoms with E-state index in [0.717, 1.165) is 23.6 Å². The first-order valence-electron chi connectivity index (χ1n) is 6.99. The lowest BCUT2D eigenvalue weighted by molar-refractivity contribution is 0.0737. The number of rotatable bonds is 2. The summed E-state index contributed by atoms with van der Waals surface area (Å²) in [6.07, 6.45) is 6.21. The minimum Gasteiger partial charge on any atom is -0.339 e. The maximum atomic E-state index is 12.7. The summed E-state index contributed by atoms with van der Waals surface area (Å²) < 4.78 is 0. The Morgan fingerprint density at radius 3 is 2.60 bits per heavy atom. The molecular weight excluding hydrogens is 272 g/mol. The first-order valence-corrected chi connectivity index (χ1v) is 7.36. The molecule has 1 heterocycles. The predicted octanol–water partition coefficient (Wildman–Crippen LogP) is 3.90. The van der Waals surface area contributed by atoms with Gasteiger partial charge in [0.25, 0.3) is 5.91 Å². The third kappa shape index (κ3) is 2.27. The maximum absolute atomic E-state index is 12.7. The summed E-state index contributed by atoms with van der Waals surface area (Å²) in [5, 5.41) is 2.16. The van der Waals surface area contributed by atoms with E-state index in [9.17, 15) is 4.79 Å². The van der Waals surface area contributed by atoms with Crippen molar-refractivity contribution in [3.8, 4) is 0 Å². The highest BCUT2D eigenvalue weighted by atomic mass is 35.5. The first kappa shape index (κ1) is 13.4. The molecule has 0 saturated heterocycles. The van der Waals surface area contributed by atoms with Gasteiger partial charge in [0, 0.05) is 24.7 Å². The van der Waals surface area contributed by atoms with Crippen molar-refractivity contribution in [2.75, 3.05) is 7.05 Å². The normalized spacial score (nSPS) is 15.7. The molecule has 0 aliphatic heterocycles. The number of fused-ring (bicyclic) bond motifs is 1. The van der Waals surface area contributed by atoms with Crippen LogP contribution in [-0.4, -0.2) is 28.9 Å². The Balaban J connectivity index is 2.01. The average molecular weight is 289 g/mol. The van der Waals surface area contributed by atoms with Crippen LogP contribution >= 0.6 is 11.6 Å². The number of nitrogens with zero attached hydrogens (tertiary/aromatic N) is 2. The van der Waals surface area contributed by atoms with Crippen LogP contribution < -0.4 is 0 Å². The molecule has 1 aliphatic carbocycles. The lowest BCUT2D eigenvalue weighted by Crippen LogP contribution is -2.35. The van der Waals surface area contributed by atoms with E-state index in [0.29, 0.717) is 16.8 Å². The van der Waals surface area contributed by atoms with Gasteiger partial charge in [0.15, 0.2) is 0 Å². The first-order chi connectivity index (χ1) is 9.68. The predicted molar refractivity (Wildman–Crippen MR) is 81.1 cm³/mol. The molecule has 0 unspecified atom stereocenters. The standard InChI is InChI=1S/C16H17ClN2O/c1-19(11-6-2-3-7-11)16(20)14-10-18-15(17)13-9-5-4-8-12(13)14/h4-5,8-11H,2-3,6-7H2,1H3. The van der Waals surface area contributed by atoms with Gasteiger partial charge in [0.1, 0.15) is 5.15 Å². The molecule has 1 fully saturated rings. The van der Waals surface area contributed by atoms with Crippen LogP contribution in [-0.2, 0) is 0 Å². The van der Waals surface area contributed by atoms with Gasteiger partial charge in [-0.1, -0.05) is 48.7 Å². The van der Waals surface area contributed by atoms with Gasteiger partial charge in [-0.05, 0) is 18.2 Å². The number of halogens is 1. The van der Waals surface area contributed by atoms with Crippen LogP contribution in [0.4, 0.5) is 0 Å². The molecule has 2 aromatic rings. The second-order valence-electron chi connectivity index (χ2n) is 5.36. The van der Waals surface area contributed by atoms with Crippen LogP contribution in [0.2, 0.25) is 5.15 Å². The molecule has 0 N–H and O–H groups in total. The maximum Gasteiger partial charge on any atom is 0.256 e. The Bertz CT molecular complexity index is 650. The van der Waals surface area contributed by atoms with Crippen molar-refractivity contribution in [1.29, 1.82) is 0 Å². The van der Waals surface area contributed by atoms with Crippen LogP contribution in [0.3, 0.4) is 0 Å². The highest BCUT2D eigenvalue weighted by Gasteiger charge is 2.25. The molecule has 1 saturated carbocycles. The highest BCUT2D eigenvalue weighted by Crippen LogP contribution is 2.28. The van der Waals surface area contributed by atoms with Crippen molar-refractivity contribution < 1.29 is 4.79 Å². The Morgan fingerprint density at radius 2 is 1.90 bits per heavy atom. The molecule has 0 radical (unpaired) electrons. The fourth-order valence-electron chi connectivity index (χ4n) is 2.98. The molecule has 0 bridgehead atoms. The zero-order valence-electron chi connectivity index (χ0n) is 11.5. The second-order valence-corrected chi connectivity index (χ2v) is 5.72. The lowest BCUT2D eigenvalue weighted by atomic mass is 10.1. The van der Waals surface area contributed by atoms with Gasteiger partial charge in [-0.3, -0.25) is 4.79 Å². The van der Waals surface area contributed by atoms with Gasteiger partial charge in [-0.15, -0.1) is 0 Å². The molecule has 104 valence electrons. The molecule has 0 atom stereocenters. The number of pyridine rings is 1. The van der Waals surface area contributed by atoms with Gasteiger partial charge < -0.3 is 4.90 Å². The van der Waals surface area contributed by atoms with Gasteiger partial charge in [-0.2, -0.15) is 0 Å². The molecule has 1 aliphatic rings. The molecule has 1 aromatic carbocycles. The topological polar surface area (TPSA) is 33.2 Å². The Morgan fingerprint density at radius 1 is 1.25 bits per heavy atom. The minimum atomic E-state index is 0.0391. The van der Waals surface area contributed by atoms with Crippen LogP contribution in [0.5, 0.6) is 0 Å². The number of aromatic nitrogens is 1. The van der Waals surface area contributed by atoms with Gasteiger partial charge in [0.05, 0.1) is 5.56 Å². The molecular formula is C16H17ClN2O. The number of hydrogen-bond acceptors (Lipinski definition) is 2. The summed E-state index contributed by atoms with van der Waals surface area (Å²) in [6, 6.07) is 8.02. The lowest BCUT2D eigenvalue weighted by Gasteiger charge is -2.24. The number of carbonyl (C=O) groups excluding carboxylic acids is 1. The van der Waals surface area contributed by atoms with Gasteiger partial charge >= 0.3 is 0 Å². The number of hydrogen-bond donors (Lipinski definition) is 0. The molecule has 4 heteroatoms. The number of benzene rings is 1. The highest BCUT2D eigenvalue weighted by molar-refractivity contribution is 6.34. The summed E-state index contributed by atoms with van der Waals surface area (Å²) in [6.45, 7) is 0. The van der Waals surface area contributed by atoms with Crippen LogP contribution in [0.25, 0.3) is 10.8 Å². The summed E-state index contributed by atoms with van der Waals surface area (Å²) in [4.78, 5) is 18.7. The smallest absolute Gasteiger partial charge is 0.256 e. The zero-order valence-corrected chi connectivity index (χ0v) is 12.2. The van der Waals surface area contributed by atoms with E-state index in [4.69, 9.17) is 11.6 Å². The van der Waals surface area contributed by atoms with Crippen LogP contribution in [0.1, 0.15) is 36.0 Å². The number of carbonyl (C=O) groups is 1. The fraction of sp³-hybridized carbons (Fsp3) is 0.375. The van der Waals surface area contributed by atoms with E-state index < -0.39 is 0 Å². The number of amides is 1. The van der Waals surface area contributed by atoms with E-state index in [1.165, 1.54) is 12.8 Å². The van der Waals surface area contributed by atoms with E-state index in [1.807, 2.05) is 36.2 Å². The molecule has 20 heavy (non-hydrogen) atoms. The molecule has 0 spiro atoms. The van der Waals surface area contributed by atoms with E-state index in [-0.39, 0.29) is 5.91 Å². The van der Waals surface area contributed by atoms with E-state index >= 15 is 0 Å². The molecule has 3 nitrogen and oxygen atoms in total. The summed E-state index contributed by atoms with van der Waals surface area (Å²) in [5.41, 5.74) is 0.638. The summed E-state index contributed by atoms with van der Waals surface area (Å²) in [5.74, 6) is 0.0391. The van der Waals surface area contributed by atoms with Gasteiger partial charge in [0.2, 0.25) is 0 Å².